The Kier molecular flexibility index (Phi) is 5.24. The summed E-state index contributed by atoms with van der Waals surface area (Å²) in [7, 11) is 0. The first-order valence-corrected chi connectivity index (χ1v) is 7.63. The van der Waals surface area contributed by atoms with Crippen LogP contribution in [0.4, 0.5) is 0 Å². The van der Waals surface area contributed by atoms with E-state index in [-0.39, 0.29) is 17.9 Å². The van der Waals surface area contributed by atoms with E-state index in [1.807, 2.05) is 26.0 Å². The molecule has 1 aliphatic rings. The highest BCUT2D eigenvalue weighted by Gasteiger charge is 2.26. The third kappa shape index (κ3) is 3.85. The van der Waals surface area contributed by atoms with Crippen LogP contribution in [0.15, 0.2) is 22.8 Å². The summed E-state index contributed by atoms with van der Waals surface area (Å²) >= 11 is 0. The lowest BCUT2D eigenvalue weighted by Crippen LogP contribution is -2.42. The first-order chi connectivity index (χ1) is 9.58. The molecule has 4 nitrogen and oxygen atoms in total. The topological polar surface area (TPSA) is 45.5 Å². The molecule has 1 atom stereocenters. The van der Waals surface area contributed by atoms with Crippen LogP contribution in [-0.4, -0.2) is 30.4 Å². The lowest BCUT2D eigenvalue weighted by atomic mass is 9.97. The lowest BCUT2D eigenvalue weighted by molar-refractivity contribution is -0.124. The van der Waals surface area contributed by atoms with Crippen molar-refractivity contribution in [2.75, 3.05) is 19.6 Å². The molecule has 1 aromatic rings. The van der Waals surface area contributed by atoms with Gasteiger partial charge in [-0.1, -0.05) is 20.8 Å². The Morgan fingerprint density at radius 3 is 2.70 bits per heavy atom. The number of nitrogens with one attached hydrogen (secondary N) is 1. The van der Waals surface area contributed by atoms with E-state index in [4.69, 9.17) is 4.42 Å². The summed E-state index contributed by atoms with van der Waals surface area (Å²) in [6.45, 7) is 8.91. The molecule has 4 heteroatoms. The number of carbonyl (C=O) groups excluding carboxylic acids is 1. The number of piperidine rings is 1. The van der Waals surface area contributed by atoms with Gasteiger partial charge in [-0.25, -0.2) is 0 Å². The van der Waals surface area contributed by atoms with Crippen molar-refractivity contribution in [2.45, 2.75) is 39.7 Å². The number of hydrogen-bond donors (Lipinski definition) is 1. The average molecular weight is 278 g/mol. The van der Waals surface area contributed by atoms with E-state index in [2.05, 4.69) is 17.1 Å². The molecule has 1 N–H and O–H groups in total. The van der Waals surface area contributed by atoms with Crippen LogP contribution < -0.4 is 5.32 Å². The molecular formula is C16H26N2O2. The van der Waals surface area contributed by atoms with E-state index in [1.165, 1.54) is 12.8 Å². The van der Waals surface area contributed by atoms with E-state index >= 15 is 0 Å². The third-order valence-corrected chi connectivity index (χ3v) is 4.12. The van der Waals surface area contributed by atoms with Crippen LogP contribution in [0, 0.1) is 11.8 Å². The van der Waals surface area contributed by atoms with Crippen molar-refractivity contribution < 1.29 is 9.21 Å². The minimum Gasteiger partial charge on any atom is -0.468 e. The van der Waals surface area contributed by atoms with Gasteiger partial charge in [0.05, 0.1) is 12.3 Å². The van der Waals surface area contributed by atoms with Gasteiger partial charge in [0.25, 0.3) is 0 Å². The van der Waals surface area contributed by atoms with Crippen LogP contribution in [-0.2, 0) is 4.79 Å². The van der Waals surface area contributed by atoms with Crippen molar-refractivity contribution in [3.63, 3.8) is 0 Å². The zero-order chi connectivity index (χ0) is 14.5. The largest absolute Gasteiger partial charge is 0.468 e. The standard InChI is InChI=1S/C16H26N2O2/c1-12(2)16(19)17-11-14(15-5-4-10-20-15)18-8-6-13(3)7-9-18/h4-5,10,12-14H,6-9,11H2,1-3H3,(H,17,19). The minimum absolute atomic E-state index is 0.0219. The molecule has 1 fully saturated rings. The molecule has 20 heavy (non-hydrogen) atoms. The molecule has 1 aromatic heterocycles. The SMILES string of the molecule is CC1CCN(C(CNC(=O)C(C)C)c2ccco2)CC1. The second-order valence-electron chi connectivity index (χ2n) is 6.15. The van der Waals surface area contributed by atoms with Crippen molar-refractivity contribution in [2.24, 2.45) is 11.8 Å². The van der Waals surface area contributed by atoms with Gasteiger partial charge in [0.2, 0.25) is 5.91 Å². The third-order valence-electron chi connectivity index (χ3n) is 4.12. The molecule has 0 bridgehead atoms. The van der Waals surface area contributed by atoms with Gasteiger partial charge in [-0.3, -0.25) is 9.69 Å². The molecular weight excluding hydrogens is 252 g/mol. The summed E-state index contributed by atoms with van der Waals surface area (Å²) in [5.74, 6) is 1.87. The Hall–Kier alpha value is -1.29. The van der Waals surface area contributed by atoms with Gasteiger partial charge in [-0.2, -0.15) is 0 Å². The summed E-state index contributed by atoms with van der Waals surface area (Å²) in [5, 5.41) is 3.04. The number of furan rings is 1. The Balaban J connectivity index is 2.00. The fourth-order valence-electron chi connectivity index (χ4n) is 2.63. The Morgan fingerprint density at radius 1 is 1.45 bits per heavy atom. The molecule has 112 valence electrons. The van der Waals surface area contributed by atoms with Gasteiger partial charge in [-0.05, 0) is 44.0 Å². The number of nitrogens with zero attached hydrogens (tertiary/aromatic N) is 1. The first kappa shape index (κ1) is 15.1. The maximum absolute atomic E-state index is 11.8. The maximum Gasteiger partial charge on any atom is 0.222 e. The molecule has 0 spiro atoms. The fraction of sp³-hybridized carbons (Fsp3) is 0.688. The number of hydrogen-bond acceptors (Lipinski definition) is 3. The van der Waals surface area contributed by atoms with Crippen LogP contribution in [0.3, 0.4) is 0 Å². The molecule has 0 aromatic carbocycles. The van der Waals surface area contributed by atoms with Crippen LogP contribution in [0.25, 0.3) is 0 Å². The van der Waals surface area contributed by atoms with Crippen molar-refractivity contribution in [3.8, 4) is 0 Å². The van der Waals surface area contributed by atoms with Crippen molar-refractivity contribution in [1.29, 1.82) is 0 Å². The molecule has 1 aliphatic heterocycles. The summed E-state index contributed by atoms with van der Waals surface area (Å²) in [6, 6.07) is 4.07. The molecule has 1 unspecified atom stereocenters. The molecule has 0 radical (unpaired) electrons. The van der Waals surface area contributed by atoms with E-state index < -0.39 is 0 Å². The molecule has 2 heterocycles. The average Bonchev–Trinajstić information content (AvgIpc) is 2.94. The van der Waals surface area contributed by atoms with Crippen LogP contribution in [0.5, 0.6) is 0 Å². The van der Waals surface area contributed by atoms with Crippen LogP contribution in [0.2, 0.25) is 0 Å². The smallest absolute Gasteiger partial charge is 0.222 e. The summed E-state index contributed by atoms with van der Waals surface area (Å²) in [5.41, 5.74) is 0. The molecule has 1 saturated heterocycles. The summed E-state index contributed by atoms with van der Waals surface area (Å²) in [4.78, 5) is 14.2. The van der Waals surface area contributed by atoms with Crippen LogP contribution >= 0.6 is 0 Å². The molecule has 1 amide bonds. The van der Waals surface area contributed by atoms with Crippen LogP contribution in [0.1, 0.15) is 45.4 Å². The van der Waals surface area contributed by atoms with Gasteiger partial charge < -0.3 is 9.73 Å². The van der Waals surface area contributed by atoms with E-state index in [9.17, 15) is 4.79 Å². The quantitative estimate of drug-likeness (QED) is 0.901. The first-order valence-electron chi connectivity index (χ1n) is 7.63. The van der Waals surface area contributed by atoms with Gasteiger partial charge in [0.1, 0.15) is 5.76 Å². The van der Waals surface area contributed by atoms with E-state index in [1.54, 1.807) is 6.26 Å². The van der Waals surface area contributed by atoms with Gasteiger partial charge in [0, 0.05) is 12.5 Å². The van der Waals surface area contributed by atoms with Gasteiger partial charge >= 0.3 is 0 Å². The fourth-order valence-corrected chi connectivity index (χ4v) is 2.63. The minimum atomic E-state index is 0.0219. The highest BCUT2D eigenvalue weighted by molar-refractivity contribution is 5.77. The molecule has 0 saturated carbocycles. The lowest BCUT2D eigenvalue weighted by Gasteiger charge is -2.35. The number of likely N-dealkylation sites (tertiary alicyclic amines) is 1. The maximum atomic E-state index is 11.8. The van der Waals surface area contributed by atoms with E-state index in [0.717, 1.165) is 24.8 Å². The molecule has 0 aliphatic carbocycles. The Labute approximate surface area is 121 Å². The van der Waals surface area contributed by atoms with E-state index in [0.29, 0.717) is 6.54 Å². The number of rotatable bonds is 5. The predicted octanol–water partition coefficient (Wildman–Crippen LogP) is 2.82. The Bertz CT molecular complexity index is 406. The molecule has 2 rings (SSSR count). The van der Waals surface area contributed by atoms with Crippen molar-refractivity contribution >= 4 is 5.91 Å². The van der Waals surface area contributed by atoms with Gasteiger partial charge in [-0.15, -0.1) is 0 Å². The van der Waals surface area contributed by atoms with Crippen molar-refractivity contribution in [1.82, 2.24) is 10.2 Å². The van der Waals surface area contributed by atoms with Gasteiger partial charge in [0.15, 0.2) is 0 Å². The highest BCUT2D eigenvalue weighted by atomic mass is 16.3. The number of amides is 1. The summed E-state index contributed by atoms with van der Waals surface area (Å²) < 4.78 is 5.58. The zero-order valence-corrected chi connectivity index (χ0v) is 12.8. The highest BCUT2D eigenvalue weighted by Crippen LogP contribution is 2.26. The Morgan fingerprint density at radius 2 is 2.15 bits per heavy atom. The second kappa shape index (κ2) is 6.93. The number of carbonyl (C=O) groups is 1. The zero-order valence-electron chi connectivity index (χ0n) is 12.8. The second-order valence-corrected chi connectivity index (χ2v) is 6.15. The van der Waals surface area contributed by atoms with Crippen molar-refractivity contribution in [3.05, 3.63) is 24.2 Å². The normalized spacial score (nSPS) is 19.2. The summed E-state index contributed by atoms with van der Waals surface area (Å²) in [6.07, 6.45) is 4.14. The predicted molar refractivity (Wildman–Crippen MR) is 79.3 cm³/mol. The monoisotopic (exact) mass is 278 g/mol.